The van der Waals surface area contributed by atoms with Crippen LogP contribution < -0.4 is 15.4 Å². The number of nitrogens with zero attached hydrogens (tertiary/aromatic N) is 2. The first-order valence-electron chi connectivity index (χ1n) is 10.4. The van der Waals surface area contributed by atoms with Crippen LogP contribution >= 0.6 is 0 Å². The highest BCUT2D eigenvalue weighted by Crippen LogP contribution is 2.28. The molecule has 7 heteroatoms. The maximum Gasteiger partial charge on any atom is 0.334 e. The van der Waals surface area contributed by atoms with E-state index in [4.69, 9.17) is 21.3 Å². The molecule has 2 aliphatic heterocycles. The fraction of sp³-hybridized carbons (Fsp3) is 0.348. The van der Waals surface area contributed by atoms with Crippen LogP contribution in [0.1, 0.15) is 36.8 Å². The number of hydrogen-bond donors (Lipinski definition) is 3. The Bertz CT molecular complexity index is 950. The molecule has 0 unspecified atom stereocenters. The lowest BCUT2D eigenvalue weighted by Crippen LogP contribution is -2.38. The van der Waals surface area contributed by atoms with Gasteiger partial charge in [-0.05, 0) is 62.1 Å². The van der Waals surface area contributed by atoms with Crippen molar-refractivity contribution in [3.05, 3.63) is 59.7 Å². The maximum atomic E-state index is 12.9. The molecule has 4 N–H and O–H groups in total. The monoisotopic (exact) mass is 405 g/mol. The van der Waals surface area contributed by atoms with E-state index in [9.17, 15) is 4.79 Å². The van der Waals surface area contributed by atoms with Gasteiger partial charge in [0.15, 0.2) is 0 Å². The second-order valence-corrected chi connectivity index (χ2v) is 7.80. The van der Waals surface area contributed by atoms with Gasteiger partial charge in [-0.25, -0.2) is 4.79 Å². The first kappa shape index (κ1) is 19.9. The highest BCUT2D eigenvalue weighted by Gasteiger charge is 2.32. The average Bonchev–Trinajstić information content (AvgIpc) is 3.46. The van der Waals surface area contributed by atoms with Crippen LogP contribution in [0.3, 0.4) is 0 Å². The number of carbonyl (C=O) groups excluding carboxylic acids is 1. The third-order valence-electron chi connectivity index (χ3n) is 5.78. The molecule has 7 nitrogen and oxygen atoms in total. The molecule has 2 aliphatic rings. The fourth-order valence-electron chi connectivity index (χ4n) is 4.16. The van der Waals surface area contributed by atoms with E-state index in [2.05, 4.69) is 4.90 Å². The normalized spacial score (nSPS) is 18.5. The van der Waals surface area contributed by atoms with Crippen molar-refractivity contribution in [2.24, 2.45) is 5.73 Å². The molecule has 0 aromatic heterocycles. The van der Waals surface area contributed by atoms with Crippen LogP contribution in [0.4, 0.5) is 5.69 Å². The van der Waals surface area contributed by atoms with Crippen LogP contribution in [0.25, 0.3) is 0 Å². The lowest BCUT2D eigenvalue weighted by atomic mass is 10.1. The van der Waals surface area contributed by atoms with Gasteiger partial charge < -0.3 is 20.3 Å². The van der Waals surface area contributed by atoms with E-state index in [1.54, 1.807) is 18.2 Å². The van der Waals surface area contributed by atoms with Gasteiger partial charge in [0.2, 0.25) is 0 Å². The average molecular weight is 406 g/mol. The molecule has 1 atom stereocenters. The second-order valence-electron chi connectivity index (χ2n) is 7.80. The number of nitrogen functional groups attached to an aromatic ring is 1. The lowest BCUT2D eigenvalue weighted by Gasteiger charge is -2.25. The molecule has 2 saturated heterocycles. The minimum atomic E-state index is -0.366. The number of benzene rings is 2. The number of likely N-dealkylation sites (tertiary alicyclic amines) is 1. The maximum absolute atomic E-state index is 12.9. The van der Waals surface area contributed by atoms with E-state index in [0.717, 1.165) is 56.6 Å². The first-order chi connectivity index (χ1) is 14.5. The topological polar surface area (TPSA) is 107 Å². The number of carbonyl (C=O) groups is 1. The summed E-state index contributed by atoms with van der Waals surface area (Å²) in [4.78, 5) is 17.0. The molecular weight excluding hydrogens is 378 g/mol. The molecule has 2 fully saturated rings. The Balaban J connectivity index is 1.43. The van der Waals surface area contributed by atoms with Gasteiger partial charge in [0.25, 0.3) is 0 Å². The third-order valence-corrected chi connectivity index (χ3v) is 5.78. The van der Waals surface area contributed by atoms with Crippen LogP contribution in [-0.2, 0) is 4.79 Å². The Kier molecular flexibility index (Phi) is 5.70. The van der Waals surface area contributed by atoms with Crippen molar-refractivity contribution >= 4 is 23.3 Å². The van der Waals surface area contributed by atoms with E-state index in [1.165, 1.54) is 0 Å². The van der Waals surface area contributed by atoms with Gasteiger partial charge in [-0.15, -0.1) is 0 Å². The molecule has 0 aliphatic carbocycles. The number of ether oxygens (including phenoxy) is 1. The summed E-state index contributed by atoms with van der Waals surface area (Å²) in [7, 11) is 0. The molecule has 0 saturated carbocycles. The number of nitrogens with one attached hydrogen (secondary N) is 2. The van der Waals surface area contributed by atoms with Gasteiger partial charge in [-0.1, -0.05) is 12.1 Å². The van der Waals surface area contributed by atoms with Crippen LogP contribution in [0, 0.1) is 10.8 Å². The van der Waals surface area contributed by atoms with E-state index in [1.807, 2.05) is 35.2 Å². The quantitative estimate of drug-likeness (QED) is 0.307. The van der Waals surface area contributed by atoms with Crippen molar-refractivity contribution in [2.45, 2.75) is 31.7 Å². The van der Waals surface area contributed by atoms with Gasteiger partial charge in [0.05, 0.1) is 0 Å². The summed E-state index contributed by atoms with van der Waals surface area (Å²) in [6.07, 6.45) is 3.88. The van der Waals surface area contributed by atoms with Crippen molar-refractivity contribution in [3.8, 4) is 5.75 Å². The summed E-state index contributed by atoms with van der Waals surface area (Å²) in [5.74, 6) is 0.734. The van der Waals surface area contributed by atoms with Crippen molar-refractivity contribution in [1.29, 1.82) is 10.8 Å². The molecule has 2 heterocycles. The van der Waals surface area contributed by atoms with E-state index in [-0.39, 0.29) is 17.8 Å². The molecule has 30 heavy (non-hydrogen) atoms. The zero-order valence-corrected chi connectivity index (χ0v) is 16.9. The summed E-state index contributed by atoms with van der Waals surface area (Å²) in [5.41, 5.74) is 7.95. The molecule has 4 rings (SSSR count). The Hall–Kier alpha value is -3.35. The number of hydrogen-bond acceptors (Lipinski definition) is 5. The standard InChI is InChI=1S/C23H27N5O2/c24-21(25)17-5-3-6-18(15-17)28-14-4-7-20(28)23(29)30-19-10-8-16(9-11-19)22(26)27-12-1-2-13-27/h3,5-6,8-11,15,20,26H,1-2,4,7,12-14H2,(H3,24,25)/t20-/m0/s1. The molecular formula is C23H27N5O2. The minimum absolute atomic E-state index is 0.00904. The highest BCUT2D eigenvalue weighted by molar-refractivity contribution is 5.97. The van der Waals surface area contributed by atoms with Gasteiger partial charge >= 0.3 is 5.97 Å². The summed E-state index contributed by atoms with van der Waals surface area (Å²) in [6.45, 7) is 2.61. The number of anilines is 1. The Labute approximate surface area is 176 Å². The van der Waals surface area contributed by atoms with Gasteiger partial charge in [-0.3, -0.25) is 10.8 Å². The molecule has 0 radical (unpaired) electrons. The molecule has 0 bridgehead atoms. The lowest BCUT2D eigenvalue weighted by molar-refractivity contribution is -0.135. The number of esters is 1. The number of amidine groups is 2. The Morgan fingerprint density at radius 1 is 0.967 bits per heavy atom. The second kappa shape index (κ2) is 8.57. The van der Waals surface area contributed by atoms with Crippen LogP contribution in [0.15, 0.2) is 48.5 Å². The van der Waals surface area contributed by atoms with E-state index >= 15 is 0 Å². The zero-order chi connectivity index (χ0) is 21.1. The Morgan fingerprint density at radius 2 is 1.70 bits per heavy atom. The summed E-state index contributed by atoms with van der Waals surface area (Å²) in [5, 5.41) is 16.0. The predicted molar refractivity (Wildman–Crippen MR) is 118 cm³/mol. The minimum Gasteiger partial charge on any atom is -0.425 e. The highest BCUT2D eigenvalue weighted by atomic mass is 16.5. The van der Waals surface area contributed by atoms with Crippen molar-refractivity contribution < 1.29 is 9.53 Å². The number of nitrogens with two attached hydrogens (primary N) is 1. The smallest absolute Gasteiger partial charge is 0.334 e. The van der Waals surface area contributed by atoms with Gasteiger partial charge in [-0.2, -0.15) is 0 Å². The molecule has 0 amide bonds. The van der Waals surface area contributed by atoms with Gasteiger partial charge in [0.1, 0.15) is 23.5 Å². The zero-order valence-electron chi connectivity index (χ0n) is 16.9. The molecule has 0 spiro atoms. The predicted octanol–water partition coefficient (Wildman–Crippen LogP) is 2.97. The summed E-state index contributed by atoms with van der Waals surface area (Å²) < 4.78 is 5.66. The van der Waals surface area contributed by atoms with Crippen molar-refractivity contribution in [2.75, 3.05) is 24.5 Å². The summed E-state index contributed by atoms with van der Waals surface area (Å²) >= 11 is 0. The van der Waals surface area contributed by atoms with Gasteiger partial charge in [0, 0.05) is 36.4 Å². The van der Waals surface area contributed by atoms with Crippen molar-refractivity contribution in [1.82, 2.24) is 4.90 Å². The molecule has 2 aromatic carbocycles. The van der Waals surface area contributed by atoms with Crippen molar-refractivity contribution in [3.63, 3.8) is 0 Å². The molecule has 2 aromatic rings. The number of rotatable bonds is 5. The largest absolute Gasteiger partial charge is 0.425 e. The van der Waals surface area contributed by atoms with Crippen LogP contribution in [0.2, 0.25) is 0 Å². The first-order valence-corrected chi connectivity index (χ1v) is 10.4. The Morgan fingerprint density at radius 3 is 2.40 bits per heavy atom. The fourth-order valence-corrected chi connectivity index (χ4v) is 4.16. The van der Waals surface area contributed by atoms with E-state index < -0.39 is 0 Å². The van der Waals surface area contributed by atoms with E-state index in [0.29, 0.717) is 17.1 Å². The van der Waals surface area contributed by atoms with Crippen LogP contribution in [0.5, 0.6) is 5.75 Å². The summed E-state index contributed by atoms with van der Waals surface area (Å²) in [6, 6.07) is 14.2. The third kappa shape index (κ3) is 4.15. The SMILES string of the molecule is N=C(N)c1cccc(N2CCC[C@H]2C(=O)Oc2ccc(C(=N)N3CCCC3)cc2)c1. The van der Waals surface area contributed by atoms with Crippen LogP contribution in [-0.4, -0.2) is 48.2 Å². The molecule has 156 valence electrons.